The number of ether oxygens (including phenoxy) is 1. The van der Waals surface area contributed by atoms with Crippen molar-refractivity contribution in [2.75, 3.05) is 19.4 Å². The van der Waals surface area contributed by atoms with Crippen LogP contribution in [0.2, 0.25) is 0 Å². The van der Waals surface area contributed by atoms with Crippen LogP contribution in [-0.2, 0) is 0 Å². The number of carbonyl (C=O) groups is 2. The zero-order valence-electron chi connectivity index (χ0n) is 20.0. The number of anilines is 1. The Morgan fingerprint density at radius 3 is 2.81 bits per heavy atom. The molecular weight excluding hydrogens is 493 g/mol. The van der Waals surface area contributed by atoms with Crippen molar-refractivity contribution in [2.24, 2.45) is 5.92 Å². The number of hydrogen-bond donors (Lipinski definition) is 2. The zero-order valence-corrected chi connectivity index (χ0v) is 20.8. The lowest BCUT2D eigenvalue weighted by Gasteiger charge is -2.27. The van der Waals surface area contributed by atoms with Crippen molar-refractivity contribution in [1.82, 2.24) is 20.2 Å². The zero-order chi connectivity index (χ0) is 25.7. The Morgan fingerprint density at radius 2 is 2.00 bits per heavy atom. The van der Waals surface area contributed by atoms with Gasteiger partial charge in [-0.15, -0.1) is 0 Å². The normalized spacial score (nSPS) is 20.1. The molecule has 2 aromatic carbocycles. The van der Waals surface area contributed by atoms with Crippen LogP contribution >= 0.6 is 11.3 Å². The third-order valence-corrected chi connectivity index (χ3v) is 7.94. The number of hydrogen-bond acceptors (Lipinski definition) is 7. The molecule has 0 spiro atoms. The number of rotatable bonds is 6. The van der Waals surface area contributed by atoms with E-state index in [1.807, 2.05) is 29.2 Å². The number of nitrogens with one attached hydrogen (secondary N) is 1. The van der Waals surface area contributed by atoms with Crippen LogP contribution < -0.4 is 15.8 Å². The van der Waals surface area contributed by atoms with Crippen molar-refractivity contribution >= 4 is 39.2 Å². The van der Waals surface area contributed by atoms with E-state index in [9.17, 15) is 14.0 Å². The van der Waals surface area contributed by atoms with Crippen LogP contribution in [-0.4, -0.2) is 52.4 Å². The molecule has 3 atom stereocenters. The SMILES string of the molecule is COc1cc(C(=O)NCC2CC3C[C@@H]3N2C(=O)c2nc(N)sc2-c2cccc(F)c2)nc2ccccc12. The summed E-state index contributed by atoms with van der Waals surface area (Å²) in [6.45, 7) is 0.281. The first-order valence-electron chi connectivity index (χ1n) is 12.0. The summed E-state index contributed by atoms with van der Waals surface area (Å²) in [4.78, 5) is 37.9. The van der Waals surface area contributed by atoms with E-state index in [1.54, 1.807) is 25.3 Å². The maximum absolute atomic E-state index is 13.9. The lowest BCUT2D eigenvalue weighted by molar-refractivity contribution is 0.0684. The summed E-state index contributed by atoms with van der Waals surface area (Å²) in [5, 5.41) is 4.02. The fourth-order valence-corrected chi connectivity index (χ4v) is 6.04. The molecule has 3 heterocycles. The fourth-order valence-electron chi connectivity index (χ4n) is 5.22. The number of piperidine rings is 1. The minimum atomic E-state index is -0.397. The molecular formula is C27H24FN5O3S. The molecule has 1 saturated carbocycles. The number of methoxy groups -OCH3 is 1. The van der Waals surface area contributed by atoms with Crippen LogP contribution in [0.3, 0.4) is 0 Å². The van der Waals surface area contributed by atoms with Gasteiger partial charge in [-0.1, -0.05) is 35.6 Å². The lowest BCUT2D eigenvalue weighted by Crippen LogP contribution is -2.45. The molecule has 1 aliphatic carbocycles. The Balaban J connectivity index is 1.22. The molecule has 4 aromatic rings. The molecule has 2 aromatic heterocycles. The minimum absolute atomic E-state index is 0.108. The quantitative estimate of drug-likeness (QED) is 0.398. The Hall–Kier alpha value is -4.05. The maximum Gasteiger partial charge on any atom is 0.274 e. The van der Waals surface area contributed by atoms with Gasteiger partial charge in [0.05, 0.1) is 23.5 Å². The average molecular weight is 518 g/mol. The van der Waals surface area contributed by atoms with Crippen LogP contribution in [0.25, 0.3) is 21.3 Å². The second-order valence-electron chi connectivity index (χ2n) is 9.34. The van der Waals surface area contributed by atoms with Crippen LogP contribution in [0.5, 0.6) is 5.75 Å². The van der Waals surface area contributed by atoms with E-state index in [2.05, 4.69) is 15.3 Å². The first-order valence-corrected chi connectivity index (χ1v) is 12.8. The van der Waals surface area contributed by atoms with E-state index < -0.39 is 5.82 Å². The number of pyridine rings is 1. The van der Waals surface area contributed by atoms with Gasteiger partial charge in [0.2, 0.25) is 0 Å². The van der Waals surface area contributed by atoms with Crippen molar-refractivity contribution < 1.29 is 18.7 Å². The molecule has 3 N–H and O–H groups in total. The third-order valence-electron chi connectivity index (χ3n) is 7.01. The van der Waals surface area contributed by atoms with Gasteiger partial charge in [0.25, 0.3) is 11.8 Å². The summed E-state index contributed by atoms with van der Waals surface area (Å²) in [5.74, 6) is -0.0119. The minimum Gasteiger partial charge on any atom is -0.496 e. The lowest BCUT2D eigenvalue weighted by atomic mass is 10.1. The van der Waals surface area contributed by atoms with Gasteiger partial charge in [0, 0.05) is 24.0 Å². The van der Waals surface area contributed by atoms with E-state index in [4.69, 9.17) is 10.5 Å². The van der Waals surface area contributed by atoms with Crippen LogP contribution in [0.1, 0.15) is 33.8 Å². The largest absolute Gasteiger partial charge is 0.496 e. The van der Waals surface area contributed by atoms with Gasteiger partial charge >= 0.3 is 0 Å². The highest BCUT2D eigenvalue weighted by Crippen LogP contribution is 2.49. The van der Waals surface area contributed by atoms with Crippen molar-refractivity contribution in [3.63, 3.8) is 0 Å². The molecule has 0 bridgehead atoms. The number of carbonyl (C=O) groups excluding carboxylic acids is 2. The Morgan fingerprint density at radius 1 is 1.16 bits per heavy atom. The number of thiazole rings is 1. The molecule has 2 unspecified atom stereocenters. The van der Waals surface area contributed by atoms with E-state index in [-0.39, 0.29) is 47.0 Å². The molecule has 10 heteroatoms. The molecule has 37 heavy (non-hydrogen) atoms. The summed E-state index contributed by atoms with van der Waals surface area (Å²) in [6, 6.07) is 15.1. The third kappa shape index (κ3) is 4.27. The molecule has 2 aliphatic rings. The van der Waals surface area contributed by atoms with Gasteiger partial charge < -0.3 is 20.7 Å². The first-order chi connectivity index (χ1) is 17.9. The highest BCUT2D eigenvalue weighted by atomic mass is 32.1. The number of benzene rings is 2. The number of nitrogens with zero attached hydrogens (tertiary/aromatic N) is 3. The number of para-hydroxylation sites is 1. The van der Waals surface area contributed by atoms with Crippen molar-refractivity contribution in [2.45, 2.75) is 24.9 Å². The van der Waals surface area contributed by atoms with Crippen LogP contribution in [0, 0.1) is 11.7 Å². The molecule has 2 amide bonds. The topological polar surface area (TPSA) is 110 Å². The van der Waals surface area contributed by atoms with E-state index in [0.717, 1.165) is 29.6 Å². The van der Waals surface area contributed by atoms with Gasteiger partial charge in [-0.2, -0.15) is 0 Å². The summed E-state index contributed by atoms with van der Waals surface area (Å²) in [6.07, 6.45) is 1.72. The molecule has 8 nitrogen and oxygen atoms in total. The number of aromatic nitrogens is 2. The number of nitrogen functional groups attached to an aromatic ring is 1. The summed E-state index contributed by atoms with van der Waals surface area (Å²) in [5.41, 5.74) is 7.66. The highest BCUT2D eigenvalue weighted by molar-refractivity contribution is 7.19. The van der Waals surface area contributed by atoms with Gasteiger partial charge in [-0.05, 0) is 48.6 Å². The maximum atomic E-state index is 13.9. The number of amides is 2. The van der Waals surface area contributed by atoms with E-state index in [0.29, 0.717) is 27.6 Å². The van der Waals surface area contributed by atoms with Crippen molar-refractivity contribution in [3.05, 3.63) is 71.8 Å². The van der Waals surface area contributed by atoms with Gasteiger partial charge in [-0.3, -0.25) is 9.59 Å². The molecule has 188 valence electrons. The van der Waals surface area contributed by atoms with Crippen molar-refractivity contribution in [3.8, 4) is 16.2 Å². The number of nitrogens with two attached hydrogens (primary N) is 1. The monoisotopic (exact) mass is 517 g/mol. The smallest absolute Gasteiger partial charge is 0.274 e. The molecule has 6 rings (SSSR count). The second kappa shape index (κ2) is 9.11. The van der Waals surface area contributed by atoms with Crippen LogP contribution in [0.15, 0.2) is 54.6 Å². The molecule has 1 aliphatic heterocycles. The second-order valence-corrected chi connectivity index (χ2v) is 10.4. The van der Waals surface area contributed by atoms with Gasteiger partial charge in [0.1, 0.15) is 23.0 Å². The van der Waals surface area contributed by atoms with Crippen LogP contribution in [0.4, 0.5) is 9.52 Å². The Bertz CT molecular complexity index is 1540. The average Bonchev–Trinajstić information content (AvgIpc) is 3.39. The predicted octanol–water partition coefficient (Wildman–Crippen LogP) is 4.12. The Labute approximate surface area is 216 Å². The first kappa shape index (κ1) is 23.4. The fraction of sp³-hybridized carbons (Fsp3) is 0.259. The summed E-state index contributed by atoms with van der Waals surface area (Å²) < 4.78 is 19.3. The number of halogens is 1. The van der Waals surface area contributed by atoms with Gasteiger partial charge in [0.15, 0.2) is 5.13 Å². The summed E-state index contributed by atoms with van der Waals surface area (Å²) >= 11 is 1.16. The number of fused-ring (bicyclic) bond motifs is 2. The predicted molar refractivity (Wildman–Crippen MR) is 139 cm³/mol. The number of likely N-dealkylation sites (tertiary alicyclic amines) is 1. The summed E-state index contributed by atoms with van der Waals surface area (Å²) in [7, 11) is 1.56. The Kier molecular flexibility index (Phi) is 5.75. The van der Waals surface area contributed by atoms with Gasteiger partial charge in [-0.25, -0.2) is 14.4 Å². The molecule has 2 fully saturated rings. The molecule has 1 saturated heterocycles. The van der Waals surface area contributed by atoms with E-state index in [1.165, 1.54) is 12.1 Å². The standard InChI is InChI=1S/C27H24FN5O3S/c1-36-22-12-20(31-19-8-3-2-7-18(19)22)25(34)30-13-17-10-15-11-21(15)33(17)26(35)23-24(37-27(29)32-23)14-5-4-6-16(28)9-14/h2-9,12,15,17,21H,10-11,13H2,1H3,(H2,29,32)(H,30,34)/t15?,17?,21-/m0/s1. The van der Waals surface area contributed by atoms with Crippen molar-refractivity contribution in [1.29, 1.82) is 0 Å². The van der Waals surface area contributed by atoms with E-state index >= 15 is 0 Å². The highest BCUT2D eigenvalue weighted by Gasteiger charge is 2.54. The molecule has 0 radical (unpaired) electrons.